The predicted molar refractivity (Wildman–Crippen MR) is 128 cm³/mol. The number of benzene rings is 1. The lowest BCUT2D eigenvalue weighted by molar-refractivity contribution is -0.138. The number of carbonyl (C=O) groups excluding carboxylic acids is 2. The summed E-state index contributed by atoms with van der Waals surface area (Å²) in [6, 6.07) is 8.30. The first-order chi connectivity index (χ1) is 15.0. The topological polar surface area (TPSA) is 58.6 Å². The van der Waals surface area contributed by atoms with Crippen molar-refractivity contribution in [1.82, 2.24) is 5.32 Å². The van der Waals surface area contributed by atoms with Crippen LogP contribution in [0.4, 0.5) is 5.69 Å². The first-order valence-corrected chi connectivity index (χ1v) is 12.5. The number of anilines is 1. The number of nitrogens with zero attached hydrogens (tertiary/aromatic N) is 1. The van der Waals surface area contributed by atoms with Gasteiger partial charge in [0, 0.05) is 53.8 Å². The highest BCUT2D eigenvalue weighted by molar-refractivity contribution is 7.99. The lowest BCUT2D eigenvalue weighted by Gasteiger charge is -2.34. The Bertz CT molecular complexity index is 869. The van der Waals surface area contributed by atoms with Gasteiger partial charge in [-0.2, -0.15) is 11.8 Å². The van der Waals surface area contributed by atoms with Gasteiger partial charge >= 0.3 is 5.97 Å². The fourth-order valence-electron chi connectivity index (χ4n) is 4.47. The van der Waals surface area contributed by atoms with Gasteiger partial charge in [0.05, 0.1) is 5.57 Å². The van der Waals surface area contributed by atoms with Crippen LogP contribution in [0.25, 0.3) is 0 Å². The summed E-state index contributed by atoms with van der Waals surface area (Å²) in [4.78, 5) is 28.4. The van der Waals surface area contributed by atoms with E-state index in [9.17, 15) is 9.59 Å². The van der Waals surface area contributed by atoms with E-state index >= 15 is 0 Å². The van der Waals surface area contributed by atoms with Crippen LogP contribution in [0.1, 0.15) is 58.4 Å². The maximum Gasteiger partial charge on any atom is 0.336 e. The highest BCUT2D eigenvalue weighted by atomic mass is 32.2. The Kier molecular flexibility index (Phi) is 8.24. The van der Waals surface area contributed by atoms with Crippen LogP contribution in [0.15, 0.2) is 46.8 Å². The molecule has 0 saturated heterocycles. The molecule has 1 N–H and O–H groups in total. The van der Waals surface area contributed by atoms with E-state index in [1.165, 1.54) is 0 Å². The number of hydrogen-bond donors (Lipinski definition) is 1. The predicted octanol–water partition coefficient (Wildman–Crippen LogP) is 4.80. The van der Waals surface area contributed by atoms with Gasteiger partial charge in [0.15, 0.2) is 5.78 Å². The van der Waals surface area contributed by atoms with Crippen LogP contribution < -0.4 is 10.2 Å². The van der Waals surface area contributed by atoms with Crippen LogP contribution in [0.2, 0.25) is 0 Å². The number of Topliss-reactive ketones (excluding diaryl/α,β-unsaturated/α-hetero) is 1. The maximum absolute atomic E-state index is 13.1. The first kappa shape index (κ1) is 23.5. The van der Waals surface area contributed by atoms with E-state index in [4.69, 9.17) is 4.74 Å². The van der Waals surface area contributed by atoms with E-state index in [2.05, 4.69) is 55.3 Å². The number of esters is 1. The van der Waals surface area contributed by atoms with Gasteiger partial charge in [-0.3, -0.25) is 4.79 Å². The normalized spacial score (nSPS) is 18.6. The highest BCUT2D eigenvalue weighted by Crippen LogP contribution is 2.42. The second-order valence-corrected chi connectivity index (χ2v) is 9.26. The monoisotopic (exact) mass is 442 g/mol. The van der Waals surface area contributed by atoms with Gasteiger partial charge in [-0.15, -0.1) is 0 Å². The van der Waals surface area contributed by atoms with Gasteiger partial charge in [0.1, 0.15) is 6.61 Å². The van der Waals surface area contributed by atoms with Crippen LogP contribution in [-0.4, -0.2) is 43.0 Å². The minimum absolute atomic E-state index is 0.130. The van der Waals surface area contributed by atoms with Gasteiger partial charge < -0.3 is 15.0 Å². The van der Waals surface area contributed by atoms with Gasteiger partial charge in [0.2, 0.25) is 0 Å². The number of nitrogens with one attached hydrogen (secondary N) is 1. The molecular formula is C25H34N2O3S. The lowest BCUT2D eigenvalue weighted by atomic mass is 9.75. The van der Waals surface area contributed by atoms with E-state index < -0.39 is 0 Å². The Morgan fingerprint density at radius 1 is 1.16 bits per heavy atom. The molecule has 6 heteroatoms. The third-order valence-corrected chi connectivity index (χ3v) is 6.88. The van der Waals surface area contributed by atoms with E-state index in [-0.39, 0.29) is 17.7 Å². The zero-order chi connectivity index (χ0) is 22.4. The number of allylic oxidation sites excluding steroid dienone is 3. The molecule has 2 aliphatic rings. The van der Waals surface area contributed by atoms with Crippen molar-refractivity contribution in [3.05, 3.63) is 52.4 Å². The van der Waals surface area contributed by atoms with E-state index in [0.717, 1.165) is 65.7 Å². The Labute approximate surface area is 190 Å². The van der Waals surface area contributed by atoms with Crippen molar-refractivity contribution in [2.24, 2.45) is 0 Å². The highest BCUT2D eigenvalue weighted by Gasteiger charge is 2.39. The average Bonchev–Trinajstić information content (AvgIpc) is 2.77. The van der Waals surface area contributed by atoms with Crippen molar-refractivity contribution < 1.29 is 14.3 Å². The average molecular weight is 443 g/mol. The summed E-state index contributed by atoms with van der Waals surface area (Å²) in [5.74, 6) is 1.20. The quantitative estimate of drug-likeness (QED) is 0.438. The second-order valence-electron chi connectivity index (χ2n) is 7.86. The SMILES string of the molecule is CCSCCOC(=O)C1=C(C)NC2=C(C(=O)CCC2)[C@@H]1c1ccc(N(CC)CC)cc1. The van der Waals surface area contributed by atoms with E-state index in [1.54, 1.807) is 11.8 Å². The zero-order valence-electron chi connectivity index (χ0n) is 19.1. The molecule has 31 heavy (non-hydrogen) atoms. The third-order valence-electron chi connectivity index (χ3n) is 6.02. The number of ketones is 1. The molecule has 1 aromatic carbocycles. The number of carbonyl (C=O) groups is 2. The lowest BCUT2D eigenvalue weighted by Crippen LogP contribution is -2.34. The Morgan fingerprint density at radius 2 is 1.87 bits per heavy atom. The largest absolute Gasteiger partial charge is 0.461 e. The smallest absolute Gasteiger partial charge is 0.336 e. The molecule has 1 atom stereocenters. The van der Waals surface area contributed by atoms with Gasteiger partial charge in [-0.05, 0) is 57.1 Å². The summed E-state index contributed by atoms with van der Waals surface area (Å²) in [6.07, 6.45) is 2.21. The molecule has 0 aromatic heterocycles. The van der Waals surface area contributed by atoms with Crippen LogP contribution in [-0.2, 0) is 14.3 Å². The zero-order valence-corrected chi connectivity index (χ0v) is 19.9. The van der Waals surface area contributed by atoms with Crippen LogP contribution in [0.3, 0.4) is 0 Å². The van der Waals surface area contributed by atoms with Crippen LogP contribution >= 0.6 is 11.8 Å². The molecule has 0 radical (unpaired) electrons. The number of hydrogen-bond acceptors (Lipinski definition) is 6. The first-order valence-electron chi connectivity index (χ1n) is 11.4. The summed E-state index contributed by atoms with van der Waals surface area (Å²) in [5.41, 5.74) is 5.17. The Morgan fingerprint density at radius 3 is 2.52 bits per heavy atom. The molecule has 1 heterocycles. The number of ether oxygens (including phenoxy) is 1. The summed E-state index contributed by atoms with van der Waals surface area (Å²) in [7, 11) is 0. The van der Waals surface area contributed by atoms with Crippen molar-refractivity contribution in [2.75, 3.05) is 36.1 Å². The molecule has 1 aliphatic heterocycles. The molecule has 0 spiro atoms. The summed E-state index contributed by atoms with van der Waals surface area (Å²) in [5, 5.41) is 3.35. The summed E-state index contributed by atoms with van der Waals surface area (Å²) in [6.45, 7) is 10.5. The molecule has 0 bridgehead atoms. The Hall–Kier alpha value is -2.21. The minimum Gasteiger partial charge on any atom is -0.461 e. The molecule has 0 amide bonds. The van der Waals surface area contributed by atoms with Crippen molar-refractivity contribution in [3.63, 3.8) is 0 Å². The standard InChI is InChI=1S/C25H34N2O3S/c1-5-27(6-2)19-13-11-18(12-14-19)23-22(25(29)30-15-16-31-7-3)17(4)26-20-9-8-10-21(28)24(20)23/h11-14,23,26H,5-10,15-16H2,1-4H3/t23-/m1/s1. The number of thioether (sulfide) groups is 1. The number of rotatable bonds is 9. The van der Waals surface area contributed by atoms with Crippen molar-refractivity contribution in [3.8, 4) is 0 Å². The maximum atomic E-state index is 13.1. The molecule has 0 fully saturated rings. The summed E-state index contributed by atoms with van der Waals surface area (Å²) < 4.78 is 5.62. The molecule has 0 unspecified atom stereocenters. The van der Waals surface area contributed by atoms with Crippen molar-refractivity contribution >= 4 is 29.2 Å². The minimum atomic E-state index is -0.374. The number of dihydropyridines is 1. The van der Waals surface area contributed by atoms with E-state index in [1.807, 2.05) is 6.92 Å². The van der Waals surface area contributed by atoms with Gasteiger partial charge in [0.25, 0.3) is 0 Å². The molecular weight excluding hydrogens is 408 g/mol. The second kappa shape index (κ2) is 10.9. The summed E-state index contributed by atoms with van der Waals surface area (Å²) >= 11 is 1.74. The van der Waals surface area contributed by atoms with Crippen molar-refractivity contribution in [1.29, 1.82) is 0 Å². The molecule has 3 rings (SSSR count). The fraction of sp³-hybridized carbons (Fsp3) is 0.520. The van der Waals surface area contributed by atoms with Gasteiger partial charge in [-0.25, -0.2) is 4.79 Å². The fourth-order valence-corrected chi connectivity index (χ4v) is 4.96. The Balaban J connectivity index is 1.97. The molecule has 5 nitrogen and oxygen atoms in total. The van der Waals surface area contributed by atoms with Crippen molar-refractivity contribution in [2.45, 2.75) is 52.9 Å². The van der Waals surface area contributed by atoms with Crippen LogP contribution in [0.5, 0.6) is 0 Å². The molecule has 1 aliphatic carbocycles. The van der Waals surface area contributed by atoms with E-state index in [0.29, 0.717) is 18.6 Å². The third kappa shape index (κ3) is 5.17. The molecule has 1 aromatic rings. The molecule has 168 valence electrons. The molecule has 0 saturated carbocycles. The van der Waals surface area contributed by atoms with Crippen LogP contribution in [0, 0.1) is 0 Å². The van der Waals surface area contributed by atoms with Gasteiger partial charge in [-0.1, -0.05) is 19.1 Å².